The van der Waals surface area contributed by atoms with Gasteiger partial charge in [-0.3, -0.25) is 9.69 Å². The van der Waals surface area contributed by atoms with Crippen molar-refractivity contribution in [3.05, 3.63) is 35.4 Å². The van der Waals surface area contributed by atoms with Gasteiger partial charge in [-0.25, -0.2) is 4.79 Å². The molecule has 1 aliphatic heterocycles. The lowest BCUT2D eigenvalue weighted by Crippen LogP contribution is -2.54. The average Bonchev–Trinajstić information content (AvgIpc) is 2.93. The minimum absolute atomic E-state index is 0.00647. The molecule has 1 aromatic rings. The normalized spacial score (nSPS) is 23.0. The van der Waals surface area contributed by atoms with Gasteiger partial charge in [-0.05, 0) is 48.8 Å². The Morgan fingerprint density at radius 2 is 1.72 bits per heavy atom. The van der Waals surface area contributed by atoms with Gasteiger partial charge in [0.25, 0.3) is 5.91 Å². The Labute approximate surface area is 149 Å². The highest BCUT2D eigenvalue weighted by Crippen LogP contribution is 2.41. The second-order valence-electron chi connectivity index (χ2n) is 8.17. The van der Waals surface area contributed by atoms with E-state index in [9.17, 15) is 14.7 Å². The maximum atomic E-state index is 13.2. The topological polar surface area (TPSA) is 66.8 Å². The quantitative estimate of drug-likeness (QED) is 0.890. The Bertz CT molecular complexity index is 653. The molecule has 3 rings (SSSR count). The third-order valence-electron chi connectivity index (χ3n) is 5.40. The van der Waals surface area contributed by atoms with Crippen molar-refractivity contribution in [2.75, 3.05) is 6.61 Å². The summed E-state index contributed by atoms with van der Waals surface area (Å²) in [5.74, 6) is -1.24. The number of rotatable bonds is 2. The van der Waals surface area contributed by atoms with Crippen molar-refractivity contribution in [3.8, 4) is 0 Å². The van der Waals surface area contributed by atoms with Crippen LogP contribution >= 0.6 is 0 Å². The molecule has 1 amide bonds. The maximum absolute atomic E-state index is 13.2. The van der Waals surface area contributed by atoms with Gasteiger partial charge in [0, 0.05) is 5.56 Å². The van der Waals surface area contributed by atoms with Gasteiger partial charge in [0.1, 0.15) is 5.72 Å². The van der Waals surface area contributed by atoms with E-state index in [1.807, 2.05) is 12.1 Å². The zero-order chi connectivity index (χ0) is 18.2. The smallest absolute Gasteiger partial charge is 0.328 e. The molecule has 2 aliphatic rings. The molecule has 25 heavy (non-hydrogen) atoms. The van der Waals surface area contributed by atoms with Gasteiger partial charge in [-0.2, -0.15) is 0 Å². The zero-order valence-corrected chi connectivity index (χ0v) is 15.2. The minimum atomic E-state index is -0.998. The van der Waals surface area contributed by atoms with E-state index in [4.69, 9.17) is 4.74 Å². The monoisotopic (exact) mass is 345 g/mol. The first-order valence-electron chi connectivity index (χ1n) is 9.06. The Balaban J connectivity index is 1.92. The molecule has 1 heterocycles. The molecule has 1 atom stereocenters. The summed E-state index contributed by atoms with van der Waals surface area (Å²) in [5, 5.41) is 9.57. The van der Waals surface area contributed by atoms with Gasteiger partial charge in [-0.15, -0.1) is 0 Å². The van der Waals surface area contributed by atoms with Crippen molar-refractivity contribution in [2.45, 2.75) is 70.1 Å². The largest absolute Gasteiger partial charge is 0.480 e. The van der Waals surface area contributed by atoms with Crippen LogP contribution in [-0.4, -0.2) is 40.3 Å². The molecule has 0 bridgehead atoms. The van der Waals surface area contributed by atoms with Crippen LogP contribution in [0.3, 0.4) is 0 Å². The fraction of sp³-hybridized carbons (Fsp3) is 0.600. The van der Waals surface area contributed by atoms with Crippen molar-refractivity contribution in [1.29, 1.82) is 0 Å². The summed E-state index contributed by atoms with van der Waals surface area (Å²) in [5.41, 5.74) is 0.923. The van der Waals surface area contributed by atoms with Crippen molar-refractivity contribution in [2.24, 2.45) is 0 Å². The Kier molecular flexibility index (Phi) is 4.62. The number of hydrogen-bond acceptors (Lipinski definition) is 3. The fourth-order valence-electron chi connectivity index (χ4n) is 3.91. The second-order valence-corrected chi connectivity index (χ2v) is 8.17. The SMILES string of the molecule is CC(C)(C)c1ccc(C(=O)N2C(C(=O)O)COC23CCCCC3)cc1. The first kappa shape index (κ1) is 17.9. The summed E-state index contributed by atoms with van der Waals surface area (Å²) >= 11 is 0. The van der Waals surface area contributed by atoms with Crippen LogP contribution in [0.1, 0.15) is 68.8 Å². The molecule has 136 valence electrons. The van der Waals surface area contributed by atoms with E-state index in [-0.39, 0.29) is 17.9 Å². The molecule has 5 heteroatoms. The predicted molar refractivity (Wildman–Crippen MR) is 94.5 cm³/mol. The molecule has 1 aromatic carbocycles. The van der Waals surface area contributed by atoms with E-state index < -0.39 is 17.7 Å². The number of aliphatic carboxylic acids is 1. The molecular weight excluding hydrogens is 318 g/mol. The predicted octanol–water partition coefficient (Wildman–Crippen LogP) is 3.57. The number of nitrogens with zero attached hydrogens (tertiary/aromatic N) is 1. The van der Waals surface area contributed by atoms with Gasteiger partial charge in [0.15, 0.2) is 6.04 Å². The highest BCUT2D eigenvalue weighted by molar-refractivity contribution is 5.97. The van der Waals surface area contributed by atoms with Gasteiger partial charge in [0.2, 0.25) is 0 Å². The third kappa shape index (κ3) is 3.30. The third-order valence-corrected chi connectivity index (χ3v) is 5.40. The van der Waals surface area contributed by atoms with Crippen LogP contribution in [0.4, 0.5) is 0 Å². The minimum Gasteiger partial charge on any atom is -0.480 e. The molecule has 5 nitrogen and oxygen atoms in total. The van der Waals surface area contributed by atoms with Crippen LogP contribution in [0.25, 0.3) is 0 Å². The van der Waals surface area contributed by atoms with Crippen molar-refractivity contribution < 1.29 is 19.4 Å². The number of carboxylic acid groups (broad SMARTS) is 1. The highest BCUT2D eigenvalue weighted by atomic mass is 16.5. The number of amides is 1. The van der Waals surface area contributed by atoms with E-state index in [0.717, 1.165) is 24.8 Å². The van der Waals surface area contributed by atoms with Crippen LogP contribution in [0.15, 0.2) is 24.3 Å². The van der Waals surface area contributed by atoms with Crippen molar-refractivity contribution in [3.63, 3.8) is 0 Å². The van der Waals surface area contributed by atoms with Crippen LogP contribution in [0.2, 0.25) is 0 Å². The molecule has 0 radical (unpaired) electrons. The lowest BCUT2D eigenvalue weighted by atomic mass is 9.86. The number of carbonyl (C=O) groups excluding carboxylic acids is 1. The average molecular weight is 345 g/mol. The fourth-order valence-corrected chi connectivity index (χ4v) is 3.91. The van der Waals surface area contributed by atoms with E-state index in [1.165, 1.54) is 4.90 Å². The van der Waals surface area contributed by atoms with E-state index in [0.29, 0.717) is 18.4 Å². The molecule has 1 aliphatic carbocycles. The molecule has 1 spiro atoms. The molecule has 1 unspecified atom stereocenters. The van der Waals surface area contributed by atoms with E-state index in [2.05, 4.69) is 20.8 Å². The molecule has 1 saturated heterocycles. The van der Waals surface area contributed by atoms with E-state index >= 15 is 0 Å². The number of benzene rings is 1. The summed E-state index contributed by atoms with van der Waals surface area (Å²) in [6.45, 7) is 6.43. The highest BCUT2D eigenvalue weighted by Gasteiger charge is 2.53. The second kappa shape index (κ2) is 6.45. The molecule has 0 aromatic heterocycles. The van der Waals surface area contributed by atoms with Crippen LogP contribution in [-0.2, 0) is 14.9 Å². The Morgan fingerprint density at radius 1 is 1.12 bits per heavy atom. The summed E-state index contributed by atoms with van der Waals surface area (Å²) in [6, 6.07) is 6.60. The Hall–Kier alpha value is -1.88. The zero-order valence-electron chi connectivity index (χ0n) is 15.2. The number of carbonyl (C=O) groups is 2. The van der Waals surface area contributed by atoms with Crippen molar-refractivity contribution >= 4 is 11.9 Å². The van der Waals surface area contributed by atoms with Crippen LogP contribution in [0.5, 0.6) is 0 Å². The Morgan fingerprint density at radius 3 is 2.24 bits per heavy atom. The maximum Gasteiger partial charge on any atom is 0.328 e. The molecule has 2 fully saturated rings. The van der Waals surface area contributed by atoms with E-state index in [1.54, 1.807) is 12.1 Å². The number of carboxylic acids is 1. The number of hydrogen-bond donors (Lipinski definition) is 1. The first-order chi connectivity index (χ1) is 11.7. The van der Waals surface area contributed by atoms with Crippen molar-refractivity contribution in [1.82, 2.24) is 4.90 Å². The van der Waals surface area contributed by atoms with Gasteiger partial charge < -0.3 is 9.84 Å². The molecular formula is C20H27NO4. The summed E-state index contributed by atoms with van der Waals surface area (Å²) in [7, 11) is 0. The summed E-state index contributed by atoms with van der Waals surface area (Å²) in [4.78, 5) is 26.4. The molecule has 1 N–H and O–H groups in total. The summed E-state index contributed by atoms with van der Waals surface area (Å²) in [6.07, 6.45) is 4.44. The number of ether oxygens (including phenoxy) is 1. The molecule has 1 saturated carbocycles. The van der Waals surface area contributed by atoms with Crippen LogP contribution in [0, 0.1) is 0 Å². The lowest BCUT2D eigenvalue weighted by molar-refractivity contribution is -0.143. The standard InChI is InChI=1S/C20H27NO4/c1-19(2,3)15-9-7-14(8-10-15)17(22)21-16(18(23)24)13-25-20(21)11-5-4-6-12-20/h7-10,16H,4-6,11-13H2,1-3H3,(H,23,24). The first-order valence-corrected chi connectivity index (χ1v) is 9.06. The van der Waals surface area contributed by atoms with Gasteiger partial charge in [0.05, 0.1) is 6.61 Å². The van der Waals surface area contributed by atoms with Gasteiger partial charge >= 0.3 is 5.97 Å². The lowest BCUT2D eigenvalue weighted by Gasteiger charge is -2.41. The van der Waals surface area contributed by atoms with Crippen LogP contribution < -0.4 is 0 Å². The summed E-state index contributed by atoms with van der Waals surface area (Å²) < 4.78 is 5.91. The van der Waals surface area contributed by atoms with Gasteiger partial charge in [-0.1, -0.05) is 39.3 Å².